The minimum absolute atomic E-state index is 0.0835. The maximum atomic E-state index is 13.3. The SMILES string of the molecule is COC(=O)C1CCN1C(=S)c1cc(OC)c(OC)c(C(F)(F)F)c1. The van der Waals surface area contributed by atoms with Crippen LogP contribution in [0.1, 0.15) is 17.5 Å². The molecule has 1 aliphatic rings. The number of ether oxygens (including phenoxy) is 3. The first kappa shape index (κ1) is 18.3. The van der Waals surface area contributed by atoms with E-state index in [9.17, 15) is 18.0 Å². The second-order valence-corrected chi connectivity index (χ2v) is 5.47. The maximum Gasteiger partial charge on any atom is 0.420 e. The molecule has 1 aromatic rings. The van der Waals surface area contributed by atoms with Gasteiger partial charge in [0.05, 0.1) is 21.3 Å². The molecular weight excluding hydrogens is 347 g/mol. The average molecular weight is 363 g/mol. The van der Waals surface area contributed by atoms with Gasteiger partial charge in [-0.25, -0.2) is 4.79 Å². The van der Waals surface area contributed by atoms with E-state index in [1.54, 1.807) is 0 Å². The van der Waals surface area contributed by atoms with Crippen molar-refractivity contribution in [3.05, 3.63) is 23.3 Å². The molecule has 1 aromatic carbocycles. The number of esters is 1. The predicted molar refractivity (Wildman–Crippen MR) is 83.4 cm³/mol. The van der Waals surface area contributed by atoms with E-state index >= 15 is 0 Å². The van der Waals surface area contributed by atoms with Gasteiger partial charge in [0, 0.05) is 12.1 Å². The highest BCUT2D eigenvalue weighted by atomic mass is 32.1. The Kier molecular flexibility index (Phi) is 5.22. The number of nitrogens with zero attached hydrogens (tertiary/aromatic N) is 1. The fourth-order valence-electron chi connectivity index (χ4n) is 2.48. The van der Waals surface area contributed by atoms with E-state index in [4.69, 9.17) is 21.7 Å². The van der Waals surface area contributed by atoms with Crippen LogP contribution in [0.2, 0.25) is 0 Å². The fraction of sp³-hybridized carbons (Fsp3) is 0.467. The topological polar surface area (TPSA) is 48.0 Å². The Bertz CT molecular complexity index is 663. The summed E-state index contributed by atoms with van der Waals surface area (Å²) >= 11 is 5.26. The standard InChI is InChI=1S/C15H16F3NO4S/c1-21-11-7-8(6-9(12(11)22-2)15(16,17)18)13(24)19-5-4-10(19)14(20)23-3/h6-7,10H,4-5H2,1-3H3. The van der Waals surface area contributed by atoms with Crippen molar-refractivity contribution in [2.75, 3.05) is 27.9 Å². The zero-order valence-corrected chi connectivity index (χ0v) is 14.1. The van der Waals surface area contributed by atoms with Crippen LogP contribution >= 0.6 is 12.2 Å². The zero-order valence-electron chi connectivity index (χ0n) is 13.3. The Morgan fingerprint density at radius 2 is 1.92 bits per heavy atom. The van der Waals surface area contributed by atoms with Crippen LogP contribution in [0, 0.1) is 0 Å². The van der Waals surface area contributed by atoms with Gasteiger partial charge < -0.3 is 19.1 Å². The number of alkyl halides is 3. The van der Waals surface area contributed by atoms with E-state index in [2.05, 4.69) is 4.74 Å². The van der Waals surface area contributed by atoms with E-state index in [0.29, 0.717) is 13.0 Å². The molecule has 1 saturated heterocycles. The van der Waals surface area contributed by atoms with Gasteiger partial charge >= 0.3 is 12.1 Å². The number of halogens is 3. The smallest absolute Gasteiger partial charge is 0.420 e. The van der Waals surface area contributed by atoms with Crippen molar-refractivity contribution in [3.8, 4) is 11.5 Å². The highest BCUT2D eigenvalue weighted by Gasteiger charge is 2.40. The highest BCUT2D eigenvalue weighted by Crippen LogP contribution is 2.43. The van der Waals surface area contributed by atoms with E-state index in [1.165, 1.54) is 25.2 Å². The Labute approximate surface area is 142 Å². The molecule has 0 bridgehead atoms. The molecule has 1 aliphatic heterocycles. The third-order valence-electron chi connectivity index (χ3n) is 3.79. The molecule has 0 amide bonds. The molecule has 0 N–H and O–H groups in total. The van der Waals surface area contributed by atoms with E-state index < -0.39 is 29.5 Å². The first-order chi connectivity index (χ1) is 11.2. The Balaban J connectivity index is 2.44. The minimum atomic E-state index is -4.64. The predicted octanol–water partition coefficient (Wildman–Crippen LogP) is 2.65. The summed E-state index contributed by atoms with van der Waals surface area (Å²) in [6.45, 7) is 0.467. The lowest BCUT2D eigenvalue weighted by Crippen LogP contribution is -2.55. The van der Waals surface area contributed by atoms with Crippen LogP contribution < -0.4 is 9.47 Å². The van der Waals surface area contributed by atoms with Crippen molar-refractivity contribution in [1.82, 2.24) is 4.90 Å². The summed E-state index contributed by atoms with van der Waals surface area (Å²) in [5.41, 5.74) is -0.861. The lowest BCUT2D eigenvalue weighted by atomic mass is 10.0. The number of methoxy groups -OCH3 is 3. The number of carbonyl (C=O) groups excluding carboxylic acids is 1. The number of thiocarbonyl (C=S) groups is 1. The molecular formula is C15H16F3NO4S. The molecule has 1 heterocycles. The second-order valence-electron chi connectivity index (χ2n) is 5.08. The second kappa shape index (κ2) is 6.84. The van der Waals surface area contributed by atoms with Crippen molar-refractivity contribution >= 4 is 23.2 Å². The molecule has 0 saturated carbocycles. The molecule has 2 rings (SSSR count). The van der Waals surface area contributed by atoms with Gasteiger partial charge in [0.2, 0.25) is 0 Å². The molecule has 0 aromatic heterocycles. The average Bonchev–Trinajstić information content (AvgIpc) is 2.51. The largest absolute Gasteiger partial charge is 0.493 e. The summed E-state index contributed by atoms with van der Waals surface area (Å²) in [6, 6.07) is 1.68. The van der Waals surface area contributed by atoms with Crippen LogP contribution in [0.5, 0.6) is 11.5 Å². The summed E-state index contributed by atoms with van der Waals surface area (Å²) in [5.74, 6) is -0.968. The fourth-order valence-corrected chi connectivity index (χ4v) is 2.81. The van der Waals surface area contributed by atoms with Gasteiger partial charge in [0.1, 0.15) is 16.6 Å². The maximum absolute atomic E-state index is 13.3. The monoisotopic (exact) mass is 363 g/mol. The quantitative estimate of drug-likeness (QED) is 0.606. The number of hydrogen-bond donors (Lipinski definition) is 0. The van der Waals surface area contributed by atoms with Gasteiger partial charge in [-0.1, -0.05) is 12.2 Å². The Hall–Kier alpha value is -2.03. The van der Waals surface area contributed by atoms with Gasteiger partial charge in [-0.2, -0.15) is 13.2 Å². The first-order valence-corrected chi connectivity index (χ1v) is 7.37. The third kappa shape index (κ3) is 3.26. The summed E-state index contributed by atoms with van der Waals surface area (Å²) in [7, 11) is 3.62. The number of carbonyl (C=O) groups is 1. The molecule has 1 fully saturated rings. The van der Waals surface area contributed by atoms with Gasteiger partial charge in [0.25, 0.3) is 0 Å². The molecule has 1 atom stereocenters. The van der Waals surface area contributed by atoms with Crippen molar-refractivity contribution in [2.24, 2.45) is 0 Å². The van der Waals surface area contributed by atoms with Crippen molar-refractivity contribution in [1.29, 1.82) is 0 Å². The third-order valence-corrected chi connectivity index (χ3v) is 4.26. The molecule has 132 valence electrons. The normalized spacial score (nSPS) is 17.1. The van der Waals surface area contributed by atoms with Crippen LogP contribution in [0.3, 0.4) is 0 Å². The van der Waals surface area contributed by atoms with Crippen molar-refractivity contribution < 1.29 is 32.2 Å². The molecule has 5 nitrogen and oxygen atoms in total. The van der Waals surface area contributed by atoms with Gasteiger partial charge in [-0.05, 0) is 18.6 Å². The van der Waals surface area contributed by atoms with E-state index in [0.717, 1.165) is 13.2 Å². The first-order valence-electron chi connectivity index (χ1n) is 6.96. The lowest BCUT2D eigenvalue weighted by molar-refractivity contribution is -0.148. The number of rotatable bonds is 4. The van der Waals surface area contributed by atoms with Crippen LogP contribution in [0.25, 0.3) is 0 Å². The summed E-state index contributed by atoms with van der Waals surface area (Å²) in [4.78, 5) is 13.3. The number of likely N-dealkylation sites (tertiary alicyclic amines) is 1. The van der Waals surface area contributed by atoms with Crippen molar-refractivity contribution in [3.63, 3.8) is 0 Å². The van der Waals surface area contributed by atoms with Gasteiger partial charge in [-0.3, -0.25) is 0 Å². The summed E-state index contributed by atoms with van der Waals surface area (Å²) in [6.07, 6.45) is -4.10. The van der Waals surface area contributed by atoms with Crippen LogP contribution in [-0.4, -0.2) is 49.8 Å². The molecule has 0 radical (unpaired) electrons. The van der Waals surface area contributed by atoms with Gasteiger partial charge in [-0.15, -0.1) is 0 Å². The van der Waals surface area contributed by atoms with Gasteiger partial charge in [0.15, 0.2) is 11.5 Å². The lowest BCUT2D eigenvalue weighted by Gasteiger charge is -2.40. The summed E-state index contributed by atoms with van der Waals surface area (Å²) in [5, 5.41) is 0. The Morgan fingerprint density at radius 3 is 2.33 bits per heavy atom. The van der Waals surface area contributed by atoms with Crippen LogP contribution in [-0.2, 0) is 15.7 Å². The van der Waals surface area contributed by atoms with E-state index in [1.807, 2.05) is 0 Å². The van der Waals surface area contributed by atoms with Crippen LogP contribution in [0.15, 0.2) is 12.1 Å². The minimum Gasteiger partial charge on any atom is -0.493 e. The number of benzene rings is 1. The van der Waals surface area contributed by atoms with Crippen molar-refractivity contribution in [2.45, 2.75) is 18.6 Å². The molecule has 24 heavy (non-hydrogen) atoms. The Morgan fingerprint density at radius 1 is 1.25 bits per heavy atom. The van der Waals surface area contributed by atoms with E-state index in [-0.39, 0.29) is 16.3 Å². The zero-order chi connectivity index (χ0) is 18.1. The van der Waals surface area contributed by atoms with Crippen LogP contribution in [0.4, 0.5) is 13.2 Å². The molecule has 9 heteroatoms. The molecule has 0 aliphatic carbocycles. The summed E-state index contributed by atoms with van der Waals surface area (Å²) < 4.78 is 54.3. The molecule has 0 spiro atoms. The highest BCUT2D eigenvalue weighted by molar-refractivity contribution is 7.80. The number of hydrogen-bond acceptors (Lipinski definition) is 5. The molecule has 1 unspecified atom stereocenters.